The minimum atomic E-state index is -3.06. The molecule has 1 aromatic carbocycles. The number of rotatable bonds is 6. The number of sulfone groups is 1. The van der Waals surface area contributed by atoms with Crippen molar-refractivity contribution in [3.05, 3.63) is 40.8 Å². The van der Waals surface area contributed by atoms with Crippen LogP contribution in [0.25, 0.3) is 0 Å². The van der Waals surface area contributed by atoms with Gasteiger partial charge in [0.1, 0.15) is 12.4 Å². The van der Waals surface area contributed by atoms with Crippen molar-refractivity contribution in [2.75, 3.05) is 25.7 Å². The number of methoxy groups -OCH3 is 1. The fourth-order valence-electron chi connectivity index (χ4n) is 3.23. The monoisotopic (exact) mass is 408 g/mol. The highest BCUT2D eigenvalue weighted by Gasteiger charge is 2.33. The van der Waals surface area contributed by atoms with E-state index in [4.69, 9.17) is 14.0 Å². The van der Waals surface area contributed by atoms with Gasteiger partial charge in [-0.1, -0.05) is 5.16 Å². The van der Waals surface area contributed by atoms with E-state index in [-0.39, 0.29) is 30.1 Å². The van der Waals surface area contributed by atoms with Crippen molar-refractivity contribution in [1.82, 2.24) is 10.1 Å². The second-order valence-electron chi connectivity index (χ2n) is 6.93. The number of nitrogens with zero attached hydrogens (tertiary/aromatic N) is 2. The van der Waals surface area contributed by atoms with Gasteiger partial charge in [0.15, 0.2) is 21.3 Å². The van der Waals surface area contributed by atoms with Crippen LogP contribution in [-0.4, -0.2) is 56.1 Å². The first-order valence-electron chi connectivity index (χ1n) is 8.92. The number of aromatic nitrogens is 1. The fourth-order valence-corrected chi connectivity index (χ4v) is 5.00. The Morgan fingerprint density at radius 2 is 2.07 bits per heavy atom. The first-order valence-corrected chi connectivity index (χ1v) is 10.7. The normalized spacial score (nSPS) is 18.1. The van der Waals surface area contributed by atoms with E-state index in [1.54, 1.807) is 25.2 Å². The Bertz CT molecular complexity index is 963. The van der Waals surface area contributed by atoms with Crippen LogP contribution in [0.1, 0.15) is 33.8 Å². The predicted octanol–water partition coefficient (Wildman–Crippen LogP) is 2.14. The van der Waals surface area contributed by atoms with Gasteiger partial charge in [-0.15, -0.1) is 0 Å². The maximum absolute atomic E-state index is 12.8. The average molecular weight is 408 g/mol. The number of amides is 1. The second kappa shape index (κ2) is 7.83. The van der Waals surface area contributed by atoms with Gasteiger partial charge in [0.25, 0.3) is 5.91 Å². The Balaban J connectivity index is 1.74. The topological polar surface area (TPSA) is 98.9 Å². The molecule has 0 bridgehead atoms. The third-order valence-electron chi connectivity index (χ3n) is 5.04. The molecule has 9 heteroatoms. The number of carbonyl (C=O) groups is 1. The molecule has 8 nitrogen and oxygen atoms in total. The summed E-state index contributed by atoms with van der Waals surface area (Å²) in [5.74, 6) is 1.47. The zero-order valence-corrected chi connectivity index (χ0v) is 17.2. The lowest BCUT2D eigenvalue weighted by molar-refractivity contribution is 0.0747. The number of carbonyl (C=O) groups excluding carboxylic acids is 1. The van der Waals surface area contributed by atoms with E-state index in [0.29, 0.717) is 29.2 Å². The molecule has 2 aromatic rings. The van der Waals surface area contributed by atoms with Gasteiger partial charge in [0.05, 0.1) is 29.9 Å². The summed E-state index contributed by atoms with van der Waals surface area (Å²) < 4.78 is 39.7. The molecule has 152 valence electrons. The highest BCUT2D eigenvalue weighted by atomic mass is 32.2. The molecule has 0 radical (unpaired) electrons. The van der Waals surface area contributed by atoms with E-state index in [1.165, 1.54) is 12.0 Å². The van der Waals surface area contributed by atoms with E-state index in [0.717, 1.165) is 11.3 Å². The van der Waals surface area contributed by atoms with Gasteiger partial charge >= 0.3 is 0 Å². The Hall–Kier alpha value is -2.55. The molecule has 1 aliphatic rings. The van der Waals surface area contributed by atoms with Gasteiger partial charge in [0.2, 0.25) is 0 Å². The summed E-state index contributed by atoms with van der Waals surface area (Å²) in [6.45, 7) is 3.93. The van der Waals surface area contributed by atoms with Gasteiger partial charge in [-0.25, -0.2) is 8.42 Å². The van der Waals surface area contributed by atoms with Crippen molar-refractivity contribution >= 4 is 15.7 Å². The molecule has 1 aromatic heterocycles. The largest absolute Gasteiger partial charge is 0.493 e. The van der Waals surface area contributed by atoms with Gasteiger partial charge < -0.3 is 18.9 Å². The van der Waals surface area contributed by atoms with Crippen LogP contribution in [0.2, 0.25) is 0 Å². The molecular formula is C19H24N2O6S. The highest BCUT2D eigenvalue weighted by molar-refractivity contribution is 7.91. The number of hydrogen-bond acceptors (Lipinski definition) is 7. The maximum Gasteiger partial charge on any atom is 0.254 e. The zero-order chi connectivity index (χ0) is 20.5. The molecule has 28 heavy (non-hydrogen) atoms. The Morgan fingerprint density at radius 1 is 1.32 bits per heavy atom. The van der Waals surface area contributed by atoms with Crippen molar-refractivity contribution in [2.24, 2.45) is 0 Å². The molecule has 1 amide bonds. The third kappa shape index (κ3) is 4.14. The summed E-state index contributed by atoms with van der Waals surface area (Å²) in [5, 5.41) is 3.90. The van der Waals surface area contributed by atoms with Crippen molar-refractivity contribution in [1.29, 1.82) is 0 Å². The Labute approximate surface area is 164 Å². The predicted molar refractivity (Wildman–Crippen MR) is 102 cm³/mol. The first-order chi connectivity index (χ1) is 13.2. The highest BCUT2D eigenvalue weighted by Crippen LogP contribution is 2.30. The quantitative estimate of drug-likeness (QED) is 0.722. The number of aryl methyl sites for hydroxylation is 2. The average Bonchev–Trinajstić information content (AvgIpc) is 3.20. The summed E-state index contributed by atoms with van der Waals surface area (Å²) in [6, 6.07) is 4.61. The molecule has 1 unspecified atom stereocenters. The van der Waals surface area contributed by atoms with Crippen LogP contribution in [0.15, 0.2) is 22.7 Å². The lowest BCUT2D eigenvalue weighted by Gasteiger charge is -2.24. The van der Waals surface area contributed by atoms with E-state index < -0.39 is 9.84 Å². The third-order valence-corrected chi connectivity index (χ3v) is 6.79. The van der Waals surface area contributed by atoms with Gasteiger partial charge in [-0.3, -0.25) is 4.79 Å². The molecule has 1 saturated heterocycles. The molecule has 3 rings (SSSR count). The van der Waals surface area contributed by atoms with Crippen LogP contribution in [0.5, 0.6) is 11.5 Å². The second-order valence-corrected chi connectivity index (χ2v) is 9.16. The minimum Gasteiger partial charge on any atom is -0.493 e. The van der Waals surface area contributed by atoms with Crippen molar-refractivity contribution < 1.29 is 27.2 Å². The standard InChI is InChI=1S/C19H24N2O6S/c1-12-16(13(2)27-20-12)10-26-17-6-5-14(9-18(17)25-4)19(22)21(3)15-7-8-28(23,24)11-15/h5-6,9,15H,7-8,10-11H2,1-4H3. The van der Waals surface area contributed by atoms with Crippen LogP contribution in [-0.2, 0) is 16.4 Å². The van der Waals surface area contributed by atoms with Crippen molar-refractivity contribution in [3.63, 3.8) is 0 Å². The molecule has 0 saturated carbocycles. The zero-order valence-electron chi connectivity index (χ0n) is 16.4. The molecule has 0 N–H and O–H groups in total. The van der Waals surface area contributed by atoms with Crippen LogP contribution >= 0.6 is 0 Å². The molecule has 1 atom stereocenters. The summed E-state index contributed by atoms with van der Waals surface area (Å²) in [6.07, 6.45) is 0.459. The molecule has 2 heterocycles. The molecule has 1 aliphatic heterocycles. The van der Waals surface area contributed by atoms with Gasteiger partial charge in [-0.2, -0.15) is 0 Å². The van der Waals surface area contributed by atoms with Crippen molar-refractivity contribution in [2.45, 2.75) is 32.9 Å². The van der Waals surface area contributed by atoms with E-state index in [9.17, 15) is 13.2 Å². The summed E-state index contributed by atoms with van der Waals surface area (Å²) >= 11 is 0. The number of benzene rings is 1. The van der Waals surface area contributed by atoms with Gasteiger partial charge in [-0.05, 0) is 38.5 Å². The molecule has 0 spiro atoms. The van der Waals surface area contributed by atoms with Crippen LogP contribution in [0, 0.1) is 13.8 Å². The molecule has 1 fully saturated rings. The summed E-state index contributed by atoms with van der Waals surface area (Å²) in [5.41, 5.74) is 2.04. The Kier molecular flexibility index (Phi) is 5.64. The van der Waals surface area contributed by atoms with Crippen molar-refractivity contribution in [3.8, 4) is 11.5 Å². The number of hydrogen-bond donors (Lipinski definition) is 0. The van der Waals surface area contributed by atoms with Crippen LogP contribution < -0.4 is 9.47 Å². The molecule has 0 aliphatic carbocycles. The summed E-state index contributed by atoms with van der Waals surface area (Å²) in [4.78, 5) is 14.3. The minimum absolute atomic E-state index is 0.00497. The molecular weight excluding hydrogens is 384 g/mol. The lowest BCUT2D eigenvalue weighted by Crippen LogP contribution is -2.37. The maximum atomic E-state index is 12.8. The van der Waals surface area contributed by atoms with Crippen LogP contribution in [0.3, 0.4) is 0 Å². The fraction of sp³-hybridized carbons (Fsp3) is 0.474. The lowest BCUT2D eigenvalue weighted by atomic mass is 10.1. The van der Waals surface area contributed by atoms with Gasteiger partial charge in [0, 0.05) is 18.7 Å². The van der Waals surface area contributed by atoms with E-state index in [1.807, 2.05) is 13.8 Å². The van der Waals surface area contributed by atoms with E-state index >= 15 is 0 Å². The Morgan fingerprint density at radius 3 is 2.64 bits per heavy atom. The SMILES string of the molecule is COc1cc(C(=O)N(C)C2CCS(=O)(=O)C2)ccc1OCc1c(C)noc1C. The van der Waals surface area contributed by atoms with Crippen LogP contribution in [0.4, 0.5) is 0 Å². The van der Waals surface area contributed by atoms with E-state index in [2.05, 4.69) is 5.16 Å². The first kappa shape index (κ1) is 20.2. The smallest absolute Gasteiger partial charge is 0.254 e. The summed E-state index contributed by atoms with van der Waals surface area (Å²) in [7, 11) is 0.0637. The number of ether oxygens (including phenoxy) is 2.